The van der Waals surface area contributed by atoms with Crippen molar-refractivity contribution in [1.29, 1.82) is 0 Å². The van der Waals surface area contributed by atoms with Crippen molar-refractivity contribution in [2.75, 3.05) is 83.8 Å². The number of imidazole rings is 2. The molecular formula is C45H58N12O9. The molecular weight excluding hydrogens is 853 g/mol. The van der Waals surface area contributed by atoms with Gasteiger partial charge in [0.15, 0.2) is 0 Å². The average molecular weight is 911 g/mol. The van der Waals surface area contributed by atoms with Crippen LogP contribution in [0.5, 0.6) is 0 Å². The number of allylic oxidation sites excluding steroid dienone is 2. The summed E-state index contributed by atoms with van der Waals surface area (Å²) in [5.41, 5.74) is 10.7. The van der Waals surface area contributed by atoms with Crippen molar-refractivity contribution < 1.29 is 42.9 Å². The molecule has 0 saturated heterocycles. The van der Waals surface area contributed by atoms with Crippen molar-refractivity contribution >= 4 is 57.6 Å². The first-order chi connectivity index (χ1) is 32.0. The maximum absolute atomic E-state index is 13.7. The molecule has 0 spiro atoms. The lowest BCUT2D eigenvalue weighted by Gasteiger charge is -2.10. The molecule has 0 atom stereocenters. The summed E-state index contributed by atoms with van der Waals surface area (Å²) in [6.45, 7) is 13.2. The summed E-state index contributed by atoms with van der Waals surface area (Å²) < 4.78 is 33.7. The van der Waals surface area contributed by atoms with Gasteiger partial charge >= 0.3 is 0 Å². The molecule has 4 aromatic heterocycles. The van der Waals surface area contributed by atoms with Crippen molar-refractivity contribution in [1.82, 2.24) is 44.0 Å². The van der Waals surface area contributed by atoms with Gasteiger partial charge in [-0.1, -0.05) is 12.2 Å². The monoisotopic (exact) mass is 910 g/mol. The predicted octanol–water partition coefficient (Wildman–Crippen LogP) is 3.74. The van der Waals surface area contributed by atoms with Gasteiger partial charge in [0.25, 0.3) is 17.7 Å². The van der Waals surface area contributed by atoms with E-state index in [9.17, 15) is 19.2 Å². The van der Waals surface area contributed by atoms with E-state index in [-0.39, 0.29) is 43.0 Å². The van der Waals surface area contributed by atoms with E-state index >= 15 is 0 Å². The summed E-state index contributed by atoms with van der Waals surface area (Å²) in [6, 6.07) is 13.5. The lowest BCUT2D eigenvalue weighted by molar-refractivity contribution is -0.00745. The van der Waals surface area contributed by atoms with E-state index in [0.29, 0.717) is 123 Å². The summed E-state index contributed by atoms with van der Waals surface area (Å²) in [5.74, 6) is -1.18. The van der Waals surface area contributed by atoms with Gasteiger partial charge in [-0.3, -0.25) is 39.2 Å². The van der Waals surface area contributed by atoms with E-state index in [1.54, 1.807) is 65.0 Å². The molecule has 0 fully saturated rings. The van der Waals surface area contributed by atoms with Crippen LogP contribution in [0.1, 0.15) is 66.9 Å². The van der Waals surface area contributed by atoms with Crippen molar-refractivity contribution in [3.8, 4) is 0 Å². The second kappa shape index (κ2) is 23.9. The highest BCUT2D eigenvalue weighted by Gasteiger charge is 2.21. The van der Waals surface area contributed by atoms with Crippen LogP contribution >= 0.6 is 0 Å². The van der Waals surface area contributed by atoms with Crippen molar-refractivity contribution in [2.45, 2.75) is 53.9 Å². The second-order valence-electron chi connectivity index (χ2n) is 14.9. The predicted molar refractivity (Wildman–Crippen MR) is 246 cm³/mol. The molecule has 0 aliphatic heterocycles. The number of methoxy groups -OCH3 is 1. The van der Waals surface area contributed by atoms with Gasteiger partial charge in [-0.15, -0.1) is 0 Å². The molecule has 4 amide bonds. The summed E-state index contributed by atoms with van der Waals surface area (Å²) in [7, 11) is 1.62. The van der Waals surface area contributed by atoms with E-state index < -0.39 is 17.7 Å². The number of anilines is 2. The van der Waals surface area contributed by atoms with Crippen molar-refractivity contribution in [2.24, 2.45) is 5.73 Å². The number of fused-ring (bicyclic) bond motifs is 2. The normalized spacial score (nSPS) is 11.6. The topological polar surface area (TPSA) is 248 Å². The molecule has 352 valence electrons. The highest BCUT2D eigenvalue weighted by Crippen LogP contribution is 2.24. The van der Waals surface area contributed by atoms with Gasteiger partial charge in [0.05, 0.1) is 92.9 Å². The Morgan fingerprint density at radius 3 is 1.50 bits per heavy atom. The largest absolute Gasteiger partial charge is 0.382 e. The van der Waals surface area contributed by atoms with E-state index in [4.69, 9.17) is 34.4 Å². The molecule has 66 heavy (non-hydrogen) atoms. The molecule has 0 aliphatic rings. The van der Waals surface area contributed by atoms with Crippen LogP contribution in [0.25, 0.3) is 22.1 Å². The number of hydrogen-bond donors (Lipinski definition) is 4. The lowest BCUT2D eigenvalue weighted by atomic mass is 10.2. The number of aromatic nitrogens is 8. The summed E-state index contributed by atoms with van der Waals surface area (Å²) in [4.78, 5) is 61.8. The quantitative estimate of drug-likeness (QED) is 0.0426. The Labute approximate surface area is 381 Å². The Kier molecular flexibility index (Phi) is 17.7. The highest BCUT2D eigenvalue weighted by molar-refractivity contribution is 6.04. The molecule has 0 unspecified atom stereocenters. The molecule has 0 radical (unpaired) electrons. The van der Waals surface area contributed by atoms with Crippen LogP contribution in [-0.2, 0) is 49.9 Å². The van der Waals surface area contributed by atoms with Gasteiger partial charge in [0.1, 0.15) is 11.4 Å². The lowest BCUT2D eigenvalue weighted by Crippen LogP contribution is -2.27. The fourth-order valence-electron chi connectivity index (χ4n) is 6.99. The minimum atomic E-state index is -0.602. The van der Waals surface area contributed by atoms with E-state index in [1.807, 2.05) is 49.0 Å². The van der Waals surface area contributed by atoms with Gasteiger partial charge in [0.2, 0.25) is 17.8 Å². The Balaban J connectivity index is 1.13. The minimum Gasteiger partial charge on any atom is -0.382 e. The van der Waals surface area contributed by atoms with E-state index in [0.717, 1.165) is 0 Å². The van der Waals surface area contributed by atoms with Crippen LogP contribution < -0.4 is 21.7 Å². The second-order valence-corrected chi connectivity index (χ2v) is 14.9. The van der Waals surface area contributed by atoms with E-state index in [1.165, 1.54) is 0 Å². The molecule has 21 nitrogen and oxygen atoms in total. The first-order valence-electron chi connectivity index (χ1n) is 21.8. The third kappa shape index (κ3) is 12.7. The van der Waals surface area contributed by atoms with Crippen LogP contribution in [0.3, 0.4) is 0 Å². The van der Waals surface area contributed by atoms with Gasteiger partial charge in [-0.05, 0) is 76.2 Å². The number of nitrogens with two attached hydrogens (primary N) is 1. The molecule has 6 rings (SSSR count). The Morgan fingerprint density at radius 1 is 0.606 bits per heavy atom. The number of nitrogens with one attached hydrogen (secondary N) is 3. The van der Waals surface area contributed by atoms with Crippen LogP contribution in [0, 0.1) is 13.8 Å². The molecule has 0 bridgehead atoms. The van der Waals surface area contributed by atoms with Gasteiger partial charge < -0.3 is 43.9 Å². The molecule has 4 heterocycles. The maximum atomic E-state index is 13.7. The molecule has 21 heteroatoms. The molecule has 0 aliphatic carbocycles. The fourth-order valence-corrected chi connectivity index (χ4v) is 6.99. The Bertz CT molecular complexity index is 2640. The summed E-state index contributed by atoms with van der Waals surface area (Å²) >= 11 is 0. The highest BCUT2D eigenvalue weighted by atomic mass is 16.6. The first kappa shape index (κ1) is 48.7. The molecule has 6 aromatic rings. The van der Waals surface area contributed by atoms with Crippen LogP contribution in [0.15, 0.2) is 60.7 Å². The number of carbonyl (C=O) groups is 4. The minimum absolute atomic E-state index is 0.256. The maximum Gasteiger partial charge on any atom is 0.276 e. The summed E-state index contributed by atoms with van der Waals surface area (Å²) in [6.07, 6.45) is 3.78. The van der Waals surface area contributed by atoms with Gasteiger partial charge in [0, 0.05) is 51.0 Å². The number of aryl methyl sites for hydroxylation is 4. The fraction of sp³-hybridized carbons (Fsp3) is 0.422. The average Bonchev–Trinajstić information content (AvgIpc) is 4.07. The SMILES string of the molecule is CCn1nc(C)cc1C(=O)Nc1nc2cc(C(N)=O)ccc2n1C/C=C/Cn1c(NC(=O)c2cc(C)nn2CC)nc2cc(C(=O)NCCOCCOCCOCCOCCOC)ccc21. The number of amides is 4. The zero-order valence-electron chi connectivity index (χ0n) is 38.0. The number of carbonyl (C=O) groups excluding carboxylic acids is 4. The first-order valence-corrected chi connectivity index (χ1v) is 21.8. The number of rotatable bonds is 27. The van der Waals surface area contributed by atoms with Crippen molar-refractivity contribution in [3.05, 3.63) is 94.6 Å². The zero-order chi connectivity index (χ0) is 47.0. The van der Waals surface area contributed by atoms with Gasteiger partial charge in [-0.25, -0.2) is 9.97 Å². The van der Waals surface area contributed by atoms with Crippen LogP contribution in [0.4, 0.5) is 11.9 Å². The van der Waals surface area contributed by atoms with Crippen molar-refractivity contribution in [3.63, 3.8) is 0 Å². The van der Waals surface area contributed by atoms with Gasteiger partial charge in [-0.2, -0.15) is 10.2 Å². The Morgan fingerprint density at radius 2 is 1.05 bits per heavy atom. The Hall–Kier alpha value is -6.78. The van der Waals surface area contributed by atoms with Crippen LogP contribution in [0.2, 0.25) is 0 Å². The third-order valence-corrected chi connectivity index (χ3v) is 10.2. The van der Waals surface area contributed by atoms with Crippen LogP contribution in [-0.4, -0.2) is 135 Å². The smallest absolute Gasteiger partial charge is 0.276 e. The number of nitrogens with zero attached hydrogens (tertiary/aromatic N) is 8. The van der Waals surface area contributed by atoms with E-state index in [2.05, 4.69) is 31.1 Å². The number of primary amides is 1. The number of ether oxygens (including phenoxy) is 5. The standard InChI is InChI=1S/C45H58N12O9/c1-6-56-38(26-30(3)52-56)42(60)50-44-48-34-28-32(40(46)58)10-12-36(34)54(44)15-8-9-16-55-37-13-11-33(29-35(37)49-45(55)51-43(61)39-27-31(4)53-57(39)7-2)41(59)47-14-17-63-20-21-65-24-25-66-23-22-64-19-18-62-5/h8-13,26-29H,6-7,14-25H2,1-5H3,(H2,46,58)(H,47,59)(H,48,50,60)(H,49,51,61)/b9-8+. The summed E-state index contributed by atoms with van der Waals surface area (Å²) in [5, 5.41) is 17.6. The number of hydrogen-bond acceptors (Lipinski definition) is 13. The third-order valence-electron chi connectivity index (χ3n) is 10.2. The zero-order valence-corrected chi connectivity index (χ0v) is 38.0. The molecule has 5 N–H and O–H groups in total. The molecule has 2 aromatic carbocycles. The number of benzene rings is 2. The molecule has 0 saturated carbocycles.